The topological polar surface area (TPSA) is 55.1 Å². The number of carbonyl (C=O) groups is 1. The molecule has 3 aromatic rings. The van der Waals surface area contributed by atoms with E-state index in [0.29, 0.717) is 12.1 Å². The fraction of sp³-hybridized carbons (Fsp3) is 0.158. The van der Waals surface area contributed by atoms with Crippen LogP contribution in [0, 0.1) is 13.8 Å². The quantitative estimate of drug-likeness (QED) is 0.795. The molecule has 1 N–H and O–H groups in total. The van der Waals surface area contributed by atoms with Crippen molar-refractivity contribution in [3.63, 3.8) is 0 Å². The summed E-state index contributed by atoms with van der Waals surface area (Å²) >= 11 is 0. The molecule has 0 aliphatic rings. The Bertz CT molecular complexity index is 806. The molecule has 0 spiro atoms. The zero-order valence-corrected chi connectivity index (χ0v) is 13.2. The van der Waals surface area contributed by atoms with Crippen LogP contribution >= 0.6 is 0 Å². The minimum Gasteiger partial charge on any atom is -0.472 e. The van der Waals surface area contributed by atoms with Gasteiger partial charge in [0.25, 0.3) is 5.91 Å². The number of amides is 1. The van der Waals surface area contributed by atoms with Gasteiger partial charge >= 0.3 is 0 Å². The summed E-state index contributed by atoms with van der Waals surface area (Å²) < 4.78 is 5.05. The molecule has 0 atom stereocenters. The summed E-state index contributed by atoms with van der Waals surface area (Å²) in [7, 11) is 0. The molecule has 23 heavy (non-hydrogen) atoms. The summed E-state index contributed by atoms with van der Waals surface area (Å²) in [4.78, 5) is 16.6. The molecule has 1 amide bonds. The second kappa shape index (κ2) is 6.48. The van der Waals surface area contributed by atoms with Crippen LogP contribution in [0.3, 0.4) is 0 Å². The molecular formula is C19H18N2O2. The third kappa shape index (κ3) is 3.48. The first-order valence-corrected chi connectivity index (χ1v) is 7.46. The highest BCUT2D eigenvalue weighted by Gasteiger charge is 2.07. The van der Waals surface area contributed by atoms with Crippen molar-refractivity contribution in [1.82, 2.24) is 10.3 Å². The van der Waals surface area contributed by atoms with E-state index >= 15 is 0 Å². The molecule has 2 aromatic heterocycles. The molecule has 116 valence electrons. The number of aryl methyl sites for hydroxylation is 2. The van der Waals surface area contributed by atoms with Gasteiger partial charge in [-0.3, -0.25) is 9.78 Å². The first kappa shape index (κ1) is 15.0. The third-order valence-electron chi connectivity index (χ3n) is 3.86. The summed E-state index contributed by atoms with van der Waals surface area (Å²) in [5, 5.41) is 2.92. The van der Waals surface area contributed by atoms with Gasteiger partial charge in [0.05, 0.1) is 18.2 Å². The summed E-state index contributed by atoms with van der Waals surface area (Å²) in [6.45, 7) is 4.49. The molecule has 0 bridgehead atoms. The Morgan fingerprint density at radius 1 is 1.13 bits per heavy atom. The average Bonchev–Trinajstić information content (AvgIpc) is 3.10. The van der Waals surface area contributed by atoms with Crippen LogP contribution in [0.4, 0.5) is 0 Å². The molecular weight excluding hydrogens is 288 g/mol. The normalized spacial score (nSPS) is 10.5. The number of nitrogens with one attached hydrogen (secondary N) is 1. The number of hydrogen-bond donors (Lipinski definition) is 1. The van der Waals surface area contributed by atoms with Crippen LogP contribution in [0.2, 0.25) is 0 Å². The Morgan fingerprint density at radius 3 is 2.65 bits per heavy atom. The van der Waals surface area contributed by atoms with Crippen LogP contribution in [0.5, 0.6) is 0 Å². The molecule has 0 saturated heterocycles. The van der Waals surface area contributed by atoms with Gasteiger partial charge in [0.1, 0.15) is 0 Å². The lowest BCUT2D eigenvalue weighted by Gasteiger charge is -2.07. The molecule has 0 fully saturated rings. The van der Waals surface area contributed by atoms with E-state index in [0.717, 1.165) is 22.4 Å². The van der Waals surface area contributed by atoms with Crippen molar-refractivity contribution in [3.05, 3.63) is 77.4 Å². The van der Waals surface area contributed by atoms with E-state index < -0.39 is 0 Å². The zero-order chi connectivity index (χ0) is 16.2. The number of nitrogens with zero attached hydrogens (tertiary/aromatic N) is 1. The summed E-state index contributed by atoms with van der Waals surface area (Å²) in [6, 6.07) is 11.5. The number of benzene rings is 1. The molecule has 4 nitrogen and oxygen atoms in total. The molecule has 3 rings (SSSR count). The van der Waals surface area contributed by atoms with Crippen molar-refractivity contribution < 1.29 is 9.21 Å². The summed E-state index contributed by atoms with van der Waals surface area (Å²) in [5.41, 5.74) is 5.72. The van der Waals surface area contributed by atoms with Crippen molar-refractivity contribution in [3.8, 4) is 11.3 Å². The first-order valence-electron chi connectivity index (χ1n) is 7.46. The van der Waals surface area contributed by atoms with Crippen LogP contribution in [0.25, 0.3) is 11.3 Å². The highest BCUT2D eigenvalue weighted by Crippen LogP contribution is 2.17. The SMILES string of the molecule is Cc1ccc(C(=O)NCc2ccc(-c3ccoc3)nc2)cc1C. The number of hydrogen-bond acceptors (Lipinski definition) is 3. The largest absolute Gasteiger partial charge is 0.472 e. The predicted molar refractivity (Wildman–Crippen MR) is 89.0 cm³/mol. The Balaban J connectivity index is 1.63. The smallest absolute Gasteiger partial charge is 0.251 e. The molecule has 0 unspecified atom stereocenters. The van der Waals surface area contributed by atoms with Gasteiger partial charge in [-0.1, -0.05) is 12.1 Å². The Hall–Kier alpha value is -2.88. The van der Waals surface area contributed by atoms with Gasteiger partial charge in [0, 0.05) is 23.9 Å². The maximum atomic E-state index is 12.2. The number of rotatable bonds is 4. The molecule has 0 saturated carbocycles. The lowest BCUT2D eigenvalue weighted by Crippen LogP contribution is -2.23. The first-order chi connectivity index (χ1) is 11.1. The number of carbonyl (C=O) groups excluding carboxylic acids is 1. The highest BCUT2D eigenvalue weighted by atomic mass is 16.3. The second-order valence-corrected chi connectivity index (χ2v) is 5.55. The fourth-order valence-corrected chi connectivity index (χ4v) is 2.28. The van der Waals surface area contributed by atoms with Gasteiger partial charge in [-0.05, 0) is 54.8 Å². The zero-order valence-electron chi connectivity index (χ0n) is 13.2. The highest BCUT2D eigenvalue weighted by molar-refractivity contribution is 5.94. The molecule has 0 aliphatic heterocycles. The van der Waals surface area contributed by atoms with E-state index in [4.69, 9.17) is 4.42 Å². The number of furan rings is 1. The van der Waals surface area contributed by atoms with Crippen LogP contribution < -0.4 is 5.32 Å². The van der Waals surface area contributed by atoms with Crippen molar-refractivity contribution in [2.24, 2.45) is 0 Å². The van der Waals surface area contributed by atoms with E-state index in [-0.39, 0.29) is 5.91 Å². The molecule has 0 aliphatic carbocycles. The van der Waals surface area contributed by atoms with Gasteiger partial charge in [-0.25, -0.2) is 0 Å². The van der Waals surface area contributed by atoms with E-state index in [2.05, 4.69) is 10.3 Å². The van der Waals surface area contributed by atoms with Gasteiger partial charge in [0.2, 0.25) is 0 Å². The van der Waals surface area contributed by atoms with Crippen LogP contribution in [0.1, 0.15) is 27.0 Å². The van der Waals surface area contributed by atoms with Crippen LogP contribution in [0.15, 0.2) is 59.5 Å². The lowest BCUT2D eigenvalue weighted by atomic mass is 10.1. The molecule has 4 heteroatoms. The predicted octanol–water partition coefficient (Wildman–Crippen LogP) is 3.89. The van der Waals surface area contributed by atoms with Crippen molar-refractivity contribution in [1.29, 1.82) is 0 Å². The summed E-state index contributed by atoms with van der Waals surface area (Å²) in [5.74, 6) is -0.0768. The van der Waals surface area contributed by atoms with Crippen LogP contribution in [-0.4, -0.2) is 10.9 Å². The maximum Gasteiger partial charge on any atom is 0.251 e. The fourth-order valence-electron chi connectivity index (χ4n) is 2.28. The maximum absolute atomic E-state index is 12.2. The average molecular weight is 306 g/mol. The van der Waals surface area contributed by atoms with Gasteiger partial charge in [-0.15, -0.1) is 0 Å². The molecule has 2 heterocycles. The van der Waals surface area contributed by atoms with Gasteiger partial charge in [0.15, 0.2) is 0 Å². The van der Waals surface area contributed by atoms with Gasteiger partial charge < -0.3 is 9.73 Å². The van der Waals surface area contributed by atoms with E-state index in [1.54, 1.807) is 18.7 Å². The third-order valence-corrected chi connectivity index (χ3v) is 3.86. The lowest BCUT2D eigenvalue weighted by molar-refractivity contribution is 0.0951. The molecule has 1 aromatic carbocycles. The van der Waals surface area contributed by atoms with E-state index in [1.165, 1.54) is 5.56 Å². The van der Waals surface area contributed by atoms with Crippen LogP contribution in [-0.2, 0) is 6.54 Å². The Labute approximate surface area is 135 Å². The number of pyridine rings is 1. The van der Waals surface area contributed by atoms with Crippen molar-refractivity contribution in [2.45, 2.75) is 20.4 Å². The Kier molecular flexibility index (Phi) is 4.24. The van der Waals surface area contributed by atoms with Gasteiger partial charge in [-0.2, -0.15) is 0 Å². The minimum atomic E-state index is -0.0768. The standard InChI is InChI=1S/C19H18N2O2/c1-13-3-5-16(9-14(13)2)19(22)21-11-15-4-6-18(20-10-15)17-7-8-23-12-17/h3-10,12H,11H2,1-2H3,(H,21,22). The van der Waals surface area contributed by atoms with Crippen molar-refractivity contribution in [2.75, 3.05) is 0 Å². The minimum absolute atomic E-state index is 0.0768. The van der Waals surface area contributed by atoms with E-state index in [9.17, 15) is 4.79 Å². The Morgan fingerprint density at radius 2 is 2.00 bits per heavy atom. The number of aromatic nitrogens is 1. The van der Waals surface area contributed by atoms with Crippen molar-refractivity contribution >= 4 is 5.91 Å². The van der Waals surface area contributed by atoms with E-state index in [1.807, 2.05) is 50.2 Å². The monoisotopic (exact) mass is 306 g/mol. The second-order valence-electron chi connectivity index (χ2n) is 5.55. The summed E-state index contributed by atoms with van der Waals surface area (Å²) in [6.07, 6.45) is 5.04. The molecule has 0 radical (unpaired) electrons.